The Morgan fingerprint density at radius 1 is 1.05 bits per heavy atom. The molecule has 2 aromatic carbocycles. The molecule has 0 saturated carbocycles. The van der Waals surface area contributed by atoms with Crippen LogP contribution in [0.15, 0.2) is 67.0 Å². The second-order valence-corrected chi connectivity index (χ2v) is 8.75. The Balaban J connectivity index is 1.32. The van der Waals surface area contributed by atoms with Crippen LogP contribution in [0, 0.1) is 5.82 Å². The molecule has 0 unspecified atom stereocenters. The van der Waals surface area contributed by atoms with Crippen molar-refractivity contribution in [2.75, 3.05) is 5.32 Å². The van der Waals surface area contributed by atoms with E-state index in [-0.39, 0.29) is 34.8 Å². The first-order valence-corrected chi connectivity index (χ1v) is 11.4. The number of hydrogen-bond acceptors (Lipinski definition) is 4. The van der Waals surface area contributed by atoms with Crippen LogP contribution in [0.25, 0.3) is 16.9 Å². The van der Waals surface area contributed by atoms with Crippen molar-refractivity contribution >= 4 is 17.2 Å². The summed E-state index contributed by atoms with van der Waals surface area (Å²) in [5, 5.41) is 10.8. The van der Waals surface area contributed by atoms with Crippen molar-refractivity contribution in [2.45, 2.75) is 25.6 Å². The summed E-state index contributed by atoms with van der Waals surface area (Å²) in [7, 11) is 0. The molecular formula is C26H18F4N6O. The number of anilines is 1. The molecule has 0 fully saturated rings. The molecule has 0 atom stereocenters. The summed E-state index contributed by atoms with van der Waals surface area (Å²) in [5.74, 6) is -1.05. The van der Waals surface area contributed by atoms with Crippen LogP contribution in [-0.4, -0.2) is 30.3 Å². The molecule has 0 aliphatic heterocycles. The van der Waals surface area contributed by atoms with Gasteiger partial charge in [-0.1, -0.05) is 36.4 Å². The van der Waals surface area contributed by atoms with Crippen molar-refractivity contribution in [3.63, 3.8) is 0 Å². The van der Waals surface area contributed by atoms with Crippen molar-refractivity contribution in [3.8, 4) is 11.3 Å². The number of nitrogens with zero attached hydrogens (tertiary/aromatic N) is 5. The number of amides is 1. The third-order valence-electron chi connectivity index (χ3n) is 6.27. The molecule has 0 saturated heterocycles. The first-order chi connectivity index (χ1) is 17.8. The lowest BCUT2D eigenvalue weighted by Crippen LogP contribution is -2.21. The van der Waals surface area contributed by atoms with Crippen LogP contribution in [0.5, 0.6) is 0 Å². The van der Waals surface area contributed by atoms with E-state index in [1.54, 1.807) is 35.1 Å². The van der Waals surface area contributed by atoms with Gasteiger partial charge >= 0.3 is 6.18 Å². The highest BCUT2D eigenvalue weighted by molar-refractivity contribution is 6.03. The second kappa shape index (κ2) is 8.54. The number of hydrogen-bond donors (Lipinski definition) is 1. The summed E-state index contributed by atoms with van der Waals surface area (Å²) in [5.41, 5.74) is 1.84. The summed E-state index contributed by atoms with van der Waals surface area (Å²) in [4.78, 5) is 17.4. The molecule has 0 spiro atoms. The van der Waals surface area contributed by atoms with Crippen LogP contribution >= 0.6 is 0 Å². The summed E-state index contributed by atoms with van der Waals surface area (Å²) < 4.78 is 58.0. The fraction of sp³-hybridized carbons (Fsp3) is 0.154. The fourth-order valence-corrected chi connectivity index (χ4v) is 4.61. The quantitative estimate of drug-likeness (QED) is 0.342. The van der Waals surface area contributed by atoms with Gasteiger partial charge in [0.15, 0.2) is 17.0 Å². The number of aryl methyl sites for hydroxylation is 1. The number of rotatable bonds is 4. The summed E-state index contributed by atoms with van der Waals surface area (Å²) in [6.07, 6.45) is -1.11. The van der Waals surface area contributed by atoms with Crippen LogP contribution in [0.4, 0.5) is 23.2 Å². The Labute approximate surface area is 207 Å². The summed E-state index contributed by atoms with van der Waals surface area (Å²) in [6, 6.07) is 14.4. The molecule has 186 valence electrons. The highest BCUT2D eigenvalue weighted by Crippen LogP contribution is 2.40. The predicted molar refractivity (Wildman–Crippen MR) is 127 cm³/mol. The monoisotopic (exact) mass is 506 g/mol. The van der Waals surface area contributed by atoms with Crippen molar-refractivity contribution in [1.82, 2.24) is 24.4 Å². The lowest BCUT2D eigenvalue weighted by molar-refractivity contribution is -0.143. The molecule has 37 heavy (non-hydrogen) atoms. The van der Waals surface area contributed by atoms with Crippen LogP contribution < -0.4 is 5.32 Å². The van der Waals surface area contributed by atoms with Gasteiger partial charge in [-0.25, -0.2) is 13.9 Å². The molecule has 3 heterocycles. The number of aromatic nitrogens is 5. The van der Waals surface area contributed by atoms with Gasteiger partial charge in [0.25, 0.3) is 5.91 Å². The Morgan fingerprint density at radius 2 is 1.84 bits per heavy atom. The zero-order valence-electron chi connectivity index (χ0n) is 19.1. The zero-order valence-corrected chi connectivity index (χ0v) is 19.1. The van der Waals surface area contributed by atoms with Gasteiger partial charge < -0.3 is 5.32 Å². The van der Waals surface area contributed by atoms with Crippen molar-refractivity contribution in [3.05, 3.63) is 101 Å². The number of benzene rings is 2. The molecule has 7 nitrogen and oxygen atoms in total. The smallest absolute Gasteiger partial charge is 0.318 e. The number of halogens is 4. The maximum atomic E-state index is 14.2. The van der Waals surface area contributed by atoms with E-state index in [4.69, 9.17) is 0 Å². The van der Waals surface area contributed by atoms with Gasteiger partial charge in [-0.15, -0.1) is 0 Å². The molecule has 1 aliphatic carbocycles. The topological polar surface area (TPSA) is 77.1 Å². The predicted octanol–water partition coefficient (Wildman–Crippen LogP) is 5.15. The van der Waals surface area contributed by atoms with E-state index in [9.17, 15) is 22.4 Å². The zero-order chi connectivity index (χ0) is 25.7. The number of carbonyl (C=O) groups is 1. The second-order valence-electron chi connectivity index (χ2n) is 8.75. The van der Waals surface area contributed by atoms with Crippen LogP contribution in [0.1, 0.15) is 32.9 Å². The van der Waals surface area contributed by atoms with E-state index in [0.717, 1.165) is 11.1 Å². The molecule has 0 bridgehead atoms. The number of carbonyl (C=O) groups excluding carboxylic acids is 1. The summed E-state index contributed by atoms with van der Waals surface area (Å²) in [6.45, 7) is 0.344. The van der Waals surface area contributed by atoms with E-state index < -0.39 is 17.8 Å². The SMILES string of the molecule is O=C(Nc1cnn(Cc2ccc(F)cc2)c1)c1cc2nc3c(c(C(F)(F)F)n2n1)CCc1ccccc1-3. The molecule has 0 radical (unpaired) electrons. The average Bonchev–Trinajstić information content (AvgIpc) is 3.49. The highest BCUT2D eigenvalue weighted by Gasteiger charge is 2.40. The first-order valence-electron chi connectivity index (χ1n) is 11.4. The minimum Gasteiger partial charge on any atom is -0.318 e. The molecule has 5 aromatic rings. The Bertz CT molecular complexity index is 1650. The van der Waals surface area contributed by atoms with E-state index in [2.05, 4.69) is 20.5 Å². The lowest BCUT2D eigenvalue weighted by atomic mass is 9.88. The third kappa shape index (κ3) is 4.22. The maximum Gasteiger partial charge on any atom is 0.433 e. The first kappa shape index (κ1) is 22.9. The Hall–Kier alpha value is -4.54. The Morgan fingerprint density at radius 3 is 2.62 bits per heavy atom. The molecule has 6 rings (SSSR count). The molecule has 1 amide bonds. The van der Waals surface area contributed by atoms with Crippen molar-refractivity contribution in [2.24, 2.45) is 0 Å². The van der Waals surface area contributed by atoms with Gasteiger partial charge in [0, 0.05) is 23.4 Å². The molecule has 11 heteroatoms. The number of nitrogens with one attached hydrogen (secondary N) is 1. The average molecular weight is 506 g/mol. The molecular weight excluding hydrogens is 488 g/mol. The standard InChI is InChI=1S/C26H18F4N6O/c27-17-8-5-15(6-9-17)13-35-14-18(12-31-35)32-25(37)21-11-22-33-23-19-4-2-1-3-16(19)7-10-20(23)24(26(28,29)30)36(22)34-21/h1-6,8-9,11-12,14H,7,10,13H2,(H,32,37). The third-order valence-corrected chi connectivity index (χ3v) is 6.27. The maximum absolute atomic E-state index is 14.2. The van der Waals surface area contributed by atoms with Gasteiger partial charge in [-0.2, -0.15) is 23.4 Å². The van der Waals surface area contributed by atoms with Crippen molar-refractivity contribution in [1.29, 1.82) is 0 Å². The fourth-order valence-electron chi connectivity index (χ4n) is 4.61. The van der Waals surface area contributed by atoms with E-state index in [1.807, 2.05) is 12.1 Å². The largest absolute Gasteiger partial charge is 0.433 e. The van der Waals surface area contributed by atoms with Crippen LogP contribution in [0.3, 0.4) is 0 Å². The van der Waals surface area contributed by atoms with E-state index in [0.29, 0.717) is 28.7 Å². The van der Waals surface area contributed by atoms with Crippen LogP contribution in [0.2, 0.25) is 0 Å². The van der Waals surface area contributed by atoms with Gasteiger partial charge in [-0.3, -0.25) is 9.48 Å². The summed E-state index contributed by atoms with van der Waals surface area (Å²) >= 11 is 0. The highest BCUT2D eigenvalue weighted by atomic mass is 19.4. The minimum absolute atomic E-state index is 0.0656. The van der Waals surface area contributed by atoms with Gasteiger partial charge in [0.2, 0.25) is 0 Å². The number of fused-ring (bicyclic) bond motifs is 4. The van der Waals surface area contributed by atoms with E-state index in [1.165, 1.54) is 24.4 Å². The van der Waals surface area contributed by atoms with Gasteiger partial charge in [-0.05, 0) is 36.1 Å². The Kier molecular flexibility index (Phi) is 5.28. The van der Waals surface area contributed by atoms with E-state index >= 15 is 0 Å². The number of alkyl halides is 3. The molecule has 1 aliphatic rings. The van der Waals surface area contributed by atoms with Crippen molar-refractivity contribution < 1.29 is 22.4 Å². The molecule has 1 N–H and O–H groups in total. The molecule has 3 aromatic heterocycles. The normalized spacial score (nSPS) is 12.9. The van der Waals surface area contributed by atoms with Gasteiger partial charge in [0.05, 0.1) is 24.1 Å². The van der Waals surface area contributed by atoms with Crippen LogP contribution in [-0.2, 0) is 25.6 Å². The minimum atomic E-state index is -4.70. The van der Waals surface area contributed by atoms with Gasteiger partial charge in [0.1, 0.15) is 5.82 Å². The lowest BCUT2D eigenvalue weighted by Gasteiger charge is -2.23.